The molecule has 0 bridgehead atoms. The molecule has 0 saturated heterocycles. The molecule has 0 N–H and O–H groups in total. The highest BCUT2D eigenvalue weighted by atomic mass is 32.1. The van der Waals surface area contributed by atoms with E-state index >= 15 is 0 Å². The monoisotopic (exact) mass is 247 g/mol. The van der Waals surface area contributed by atoms with E-state index in [1.165, 1.54) is 11.3 Å². The molecule has 1 aromatic carbocycles. The molecule has 0 atom stereocenters. The Labute approximate surface area is 103 Å². The van der Waals surface area contributed by atoms with Crippen LogP contribution in [0.15, 0.2) is 30.3 Å². The van der Waals surface area contributed by atoms with E-state index in [0.29, 0.717) is 0 Å². The van der Waals surface area contributed by atoms with Gasteiger partial charge in [-0.25, -0.2) is 0 Å². The lowest BCUT2D eigenvalue weighted by molar-refractivity contribution is -0.254. The number of benzene rings is 1. The number of carboxylic acid groups (broad SMARTS) is 1. The molecular formula is C13H11O3S-. The van der Waals surface area contributed by atoms with Crippen LogP contribution < -0.4 is 9.84 Å². The Bertz CT molecular complexity index is 558. The Morgan fingerprint density at radius 1 is 1.29 bits per heavy atom. The summed E-state index contributed by atoms with van der Waals surface area (Å²) < 4.78 is 5.13. The number of carbonyl (C=O) groups excluding carboxylic acids is 1. The maximum Gasteiger partial charge on any atom is 0.119 e. The van der Waals surface area contributed by atoms with Crippen LogP contribution in [0.1, 0.15) is 15.2 Å². The van der Waals surface area contributed by atoms with E-state index in [-0.39, 0.29) is 4.88 Å². The first-order valence-electron chi connectivity index (χ1n) is 5.08. The zero-order valence-electron chi connectivity index (χ0n) is 9.52. The summed E-state index contributed by atoms with van der Waals surface area (Å²) in [5.41, 5.74) is 2.07. The van der Waals surface area contributed by atoms with Gasteiger partial charge in [-0.2, -0.15) is 0 Å². The Kier molecular flexibility index (Phi) is 3.15. The third kappa shape index (κ3) is 2.31. The minimum absolute atomic E-state index is 0.246. The van der Waals surface area contributed by atoms with Crippen LogP contribution in [0.5, 0.6) is 5.75 Å². The van der Waals surface area contributed by atoms with Crippen molar-refractivity contribution in [2.45, 2.75) is 6.92 Å². The van der Waals surface area contributed by atoms with Crippen molar-refractivity contribution < 1.29 is 14.6 Å². The number of aryl methyl sites for hydroxylation is 1. The van der Waals surface area contributed by atoms with Crippen LogP contribution in [0, 0.1) is 6.92 Å². The zero-order chi connectivity index (χ0) is 12.4. The molecule has 0 amide bonds. The van der Waals surface area contributed by atoms with Gasteiger partial charge in [-0.3, -0.25) is 0 Å². The Hall–Kier alpha value is -1.81. The van der Waals surface area contributed by atoms with Crippen LogP contribution in [0.4, 0.5) is 0 Å². The van der Waals surface area contributed by atoms with E-state index in [2.05, 4.69) is 0 Å². The Morgan fingerprint density at radius 3 is 2.59 bits per heavy atom. The van der Waals surface area contributed by atoms with Crippen LogP contribution in [0.3, 0.4) is 0 Å². The fourth-order valence-electron chi connectivity index (χ4n) is 1.63. The van der Waals surface area contributed by atoms with Gasteiger partial charge in [0.25, 0.3) is 0 Å². The van der Waals surface area contributed by atoms with Crippen LogP contribution in [0.2, 0.25) is 0 Å². The molecule has 0 saturated carbocycles. The van der Waals surface area contributed by atoms with Crippen LogP contribution >= 0.6 is 11.3 Å². The molecule has 2 rings (SSSR count). The molecule has 1 heterocycles. The maximum absolute atomic E-state index is 10.7. The summed E-state index contributed by atoms with van der Waals surface area (Å²) >= 11 is 1.22. The minimum atomic E-state index is -1.13. The summed E-state index contributed by atoms with van der Waals surface area (Å²) in [6.45, 7) is 1.97. The van der Waals surface area contributed by atoms with Crippen molar-refractivity contribution in [3.8, 4) is 16.2 Å². The van der Waals surface area contributed by atoms with Crippen molar-refractivity contribution in [1.82, 2.24) is 0 Å². The van der Waals surface area contributed by atoms with Gasteiger partial charge in [0.1, 0.15) is 5.75 Å². The molecular weight excluding hydrogens is 236 g/mol. The predicted molar refractivity (Wildman–Crippen MR) is 65.4 cm³/mol. The molecule has 0 aliphatic rings. The average molecular weight is 247 g/mol. The number of ether oxygens (including phenoxy) is 1. The lowest BCUT2D eigenvalue weighted by Gasteiger charge is -2.06. The third-order valence-electron chi connectivity index (χ3n) is 2.51. The van der Waals surface area contributed by atoms with Gasteiger partial charge in [0.15, 0.2) is 0 Å². The van der Waals surface area contributed by atoms with Crippen LogP contribution in [-0.4, -0.2) is 13.1 Å². The van der Waals surface area contributed by atoms with Crippen molar-refractivity contribution in [3.63, 3.8) is 0 Å². The van der Waals surface area contributed by atoms with Crippen LogP contribution in [0.25, 0.3) is 10.4 Å². The molecule has 3 nitrogen and oxygen atoms in total. The summed E-state index contributed by atoms with van der Waals surface area (Å²) in [6, 6.07) is 9.08. The third-order valence-corrected chi connectivity index (χ3v) is 3.60. The molecule has 88 valence electrons. The average Bonchev–Trinajstić information content (AvgIpc) is 2.78. The van der Waals surface area contributed by atoms with Gasteiger partial charge in [-0.05, 0) is 48.4 Å². The Balaban J connectivity index is 2.42. The highest BCUT2D eigenvalue weighted by molar-refractivity contribution is 7.17. The molecule has 2 aromatic rings. The van der Waals surface area contributed by atoms with Gasteiger partial charge in [0.2, 0.25) is 0 Å². The smallest absolute Gasteiger partial charge is 0.119 e. The van der Waals surface area contributed by atoms with Crippen molar-refractivity contribution in [3.05, 3.63) is 40.8 Å². The first-order valence-corrected chi connectivity index (χ1v) is 5.89. The van der Waals surface area contributed by atoms with Crippen molar-refractivity contribution in [1.29, 1.82) is 0 Å². The first kappa shape index (κ1) is 11.7. The molecule has 0 radical (unpaired) electrons. The van der Waals surface area contributed by atoms with E-state index in [4.69, 9.17) is 4.74 Å². The van der Waals surface area contributed by atoms with E-state index in [1.807, 2.05) is 25.1 Å². The summed E-state index contributed by atoms with van der Waals surface area (Å²) in [7, 11) is 1.62. The fraction of sp³-hybridized carbons (Fsp3) is 0.154. The summed E-state index contributed by atoms with van der Waals surface area (Å²) in [4.78, 5) is 11.9. The largest absolute Gasteiger partial charge is 0.544 e. The second-order valence-corrected chi connectivity index (χ2v) is 4.72. The molecule has 0 spiro atoms. The number of methoxy groups -OCH3 is 1. The number of hydrogen-bond donors (Lipinski definition) is 0. The summed E-state index contributed by atoms with van der Waals surface area (Å²) in [5.74, 6) is -0.338. The first-order chi connectivity index (χ1) is 8.11. The van der Waals surface area contributed by atoms with Gasteiger partial charge in [0.05, 0.1) is 18.0 Å². The molecule has 0 fully saturated rings. The number of rotatable bonds is 3. The van der Waals surface area contributed by atoms with E-state index in [9.17, 15) is 9.90 Å². The van der Waals surface area contributed by atoms with E-state index in [1.54, 1.807) is 19.2 Å². The molecule has 1 aromatic heterocycles. The van der Waals surface area contributed by atoms with Crippen LogP contribution in [-0.2, 0) is 0 Å². The van der Waals surface area contributed by atoms with Crippen molar-refractivity contribution in [2.75, 3.05) is 7.11 Å². The standard InChI is InChI=1S/C13H12O3S/c1-8-7-9(16-2)3-4-10(8)11-5-6-12(17-11)13(14)15/h3-7H,1-2H3,(H,14,15)/p-1. The second kappa shape index (κ2) is 4.59. The number of thiophene rings is 1. The van der Waals surface area contributed by atoms with Gasteiger partial charge < -0.3 is 14.6 Å². The van der Waals surface area contributed by atoms with Crippen molar-refractivity contribution >= 4 is 17.3 Å². The molecule has 0 aliphatic heterocycles. The van der Waals surface area contributed by atoms with Gasteiger partial charge >= 0.3 is 0 Å². The fourth-order valence-corrected chi connectivity index (χ4v) is 2.56. The van der Waals surface area contributed by atoms with E-state index in [0.717, 1.165) is 21.8 Å². The van der Waals surface area contributed by atoms with Crippen molar-refractivity contribution in [2.24, 2.45) is 0 Å². The molecule has 17 heavy (non-hydrogen) atoms. The van der Waals surface area contributed by atoms with Gasteiger partial charge in [-0.15, -0.1) is 11.3 Å². The SMILES string of the molecule is COc1ccc(-c2ccc(C(=O)[O-])s2)c(C)c1. The number of hydrogen-bond acceptors (Lipinski definition) is 4. The van der Waals surface area contributed by atoms with Gasteiger partial charge in [0, 0.05) is 4.88 Å². The molecule has 0 aliphatic carbocycles. The number of carbonyl (C=O) groups is 1. The quantitative estimate of drug-likeness (QED) is 0.834. The predicted octanol–water partition coefficient (Wildman–Crippen LogP) is 2.10. The highest BCUT2D eigenvalue weighted by Gasteiger charge is 2.07. The molecule has 4 heteroatoms. The lowest BCUT2D eigenvalue weighted by Crippen LogP contribution is -2.20. The molecule has 0 unspecified atom stereocenters. The van der Waals surface area contributed by atoms with E-state index < -0.39 is 5.97 Å². The van der Waals surface area contributed by atoms with Gasteiger partial charge in [-0.1, -0.05) is 0 Å². The second-order valence-electron chi connectivity index (χ2n) is 3.63. The maximum atomic E-state index is 10.7. The lowest BCUT2D eigenvalue weighted by atomic mass is 10.1. The topological polar surface area (TPSA) is 49.4 Å². The summed E-state index contributed by atoms with van der Waals surface area (Å²) in [6.07, 6.45) is 0. The number of carboxylic acids is 1. The minimum Gasteiger partial charge on any atom is -0.544 e. The Morgan fingerprint density at radius 2 is 2.06 bits per heavy atom. The normalized spacial score (nSPS) is 10.2. The zero-order valence-corrected chi connectivity index (χ0v) is 10.3. The highest BCUT2D eigenvalue weighted by Crippen LogP contribution is 2.32. The summed E-state index contributed by atoms with van der Waals surface area (Å²) in [5, 5.41) is 10.7. The number of aromatic carboxylic acids is 1.